The van der Waals surface area contributed by atoms with Crippen LogP contribution in [0.2, 0.25) is 0 Å². The molecular weight excluding hydrogens is 494 g/mol. The molecule has 0 N–H and O–H groups in total. The highest BCUT2D eigenvalue weighted by Crippen LogP contribution is 2.59. The van der Waals surface area contributed by atoms with Gasteiger partial charge in [-0.05, 0) is 75.2 Å². The summed E-state index contributed by atoms with van der Waals surface area (Å²) < 4.78 is 12.4. The van der Waals surface area contributed by atoms with Crippen LogP contribution in [-0.4, -0.2) is 33.3 Å². The second-order valence-corrected chi connectivity index (χ2v) is 10.5. The molecule has 2 heterocycles. The number of benzene rings is 4. The van der Waals surface area contributed by atoms with E-state index in [4.69, 9.17) is 9.47 Å². The number of hydrogen-bond acceptors (Lipinski definition) is 5. The average molecular weight is 534 g/mol. The molecule has 4 aromatic carbocycles. The smallest absolute Gasteiger partial charge is 0.135 e. The van der Waals surface area contributed by atoms with Crippen molar-refractivity contribution in [3.63, 3.8) is 0 Å². The molecule has 1 spiro atoms. The molecule has 5 nitrogen and oxygen atoms in total. The fourth-order valence-corrected chi connectivity index (χ4v) is 6.70. The van der Waals surface area contributed by atoms with Gasteiger partial charge in [0.05, 0.1) is 7.11 Å². The Morgan fingerprint density at radius 2 is 1.25 bits per heavy atom. The summed E-state index contributed by atoms with van der Waals surface area (Å²) >= 11 is 0. The maximum atomic E-state index is 6.86. The predicted molar refractivity (Wildman–Crippen MR) is 166 cm³/mol. The molecule has 0 fully saturated rings. The van der Waals surface area contributed by atoms with Crippen LogP contribution in [0, 0.1) is 0 Å². The first kappa shape index (κ1) is 26.1. The molecule has 2 aliphatic heterocycles. The molecule has 6 rings (SSSR count). The fraction of sp³-hybridized carbons (Fsp3) is 0.314. The van der Waals surface area contributed by atoms with Crippen LogP contribution in [0.3, 0.4) is 0 Å². The number of methoxy groups -OCH3 is 1. The highest BCUT2D eigenvalue weighted by atomic mass is 16.5. The van der Waals surface area contributed by atoms with Gasteiger partial charge in [-0.2, -0.15) is 0 Å². The van der Waals surface area contributed by atoms with Crippen molar-refractivity contribution in [1.82, 2.24) is 0 Å². The summed E-state index contributed by atoms with van der Waals surface area (Å²) in [6.07, 6.45) is 0. The average Bonchev–Trinajstić information content (AvgIpc) is 3.34. The first-order chi connectivity index (χ1) is 19.6. The summed E-state index contributed by atoms with van der Waals surface area (Å²) in [6, 6.07) is 30.9. The Morgan fingerprint density at radius 3 is 1.77 bits per heavy atom. The van der Waals surface area contributed by atoms with Crippen molar-refractivity contribution < 1.29 is 9.47 Å². The Kier molecular flexibility index (Phi) is 6.83. The third kappa shape index (κ3) is 3.90. The Labute approximate surface area is 238 Å². The molecule has 0 radical (unpaired) electrons. The van der Waals surface area contributed by atoms with Gasteiger partial charge < -0.3 is 24.2 Å². The van der Waals surface area contributed by atoms with E-state index in [1.807, 2.05) is 0 Å². The topological polar surface area (TPSA) is 28.2 Å². The third-order valence-corrected chi connectivity index (χ3v) is 8.71. The Hall–Kier alpha value is -4.12. The minimum atomic E-state index is -0.530. The molecule has 0 saturated heterocycles. The number of ether oxygens (including phenoxy) is 2. The molecule has 0 aliphatic carbocycles. The Balaban J connectivity index is 1.65. The molecule has 4 aromatic rings. The number of hydrogen-bond donors (Lipinski definition) is 0. The van der Waals surface area contributed by atoms with Crippen molar-refractivity contribution in [3.05, 3.63) is 107 Å². The lowest BCUT2D eigenvalue weighted by Gasteiger charge is -2.46. The van der Waals surface area contributed by atoms with Crippen LogP contribution in [0.4, 0.5) is 17.1 Å². The number of anilines is 3. The van der Waals surface area contributed by atoms with Gasteiger partial charge in [-0.15, -0.1) is 0 Å². The van der Waals surface area contributed by atoms with E-state index in [-0.39, 0.29) is 0 Å². The zero-order valence-corrected chi connectivity index (χ0v) is 24.3. The van der Waals surface area contributed by atoms with Crippen LogP contribution < -0.4 is 24.2 Å². The third-order valence-electron chi connectivity index (χ3n) is 8.71. The number of fused-ring (bicyclic) bond motifs is 6. The lowest BCUT2D eigenvalue weighted by molar-refractivity contribution is 0.412. The van der Waals surface area contributed by atoms with Crippen molar-refractivity contribution in [2.75, 3.05) is 48.0 Å². The van der Waals surface area contributed by atoms with E-state index < -0.39 is 5.54 Å². The van der Waals surface area contributed by atoms with Gasteiger partial charge in [0.15, 0.2) is 0 Å². The lowest BCUT2D eigenvalue weighted by Crippen LogP contribution is -2.45. The summed E-state index contributed by atoms with van der Waals surface area (Å²) in [7, 11) is 1.72. The van der Waals surface area contributed by atoms with Crippen molar-refractivity contribution in [2.24, 2.45) is 0 Å². The lowest BCUT2D eigenvalue weighted by atomic mass is 9.74. The van der Waals surface area contributed by atoms with Crippen molar-refractivity contribution in [1.29, 1.82) is 0 Å². The van der Waals surface area contributed by atoms with Crippen LogP contribution >= 0.6 is 0 Å². The van der Waals surface area contributed by atoms with E-state index in [9.17, 15) is 0 Å². The first-order valence-corrected chi connectivity index (χ1v) is 14.6. The van der Waals surface area contributed by atoms with E-state index in [1.165, 1.54) is 33.6 Å². The molecule has 206 valence electrons. The van der Waals surface area contributed by atoms with Crippen LogP contribution in [0.5, 0.6) is 17.2 Å². The monoisotopic (exact) mass is 533 g/mol. The minimum absolute atomic E-state index is 0.530. The molecule has 0 bridgehead atoms. The van der Waals surface area contributed by atoms with Crippen molar-refractivity contribution in [3.8, 4) is 17.2 Å². The van der Waals surface area contributed by atoms with Gasteiger partial charge >= 0.3 is 0 Å². The van der Waals surface area contributed by atoms with Gasteiger partial charge in [-0.1, -0.05) is 36.4 Å². The molecule has 0 saturated carbocycles. The van der Waals surface area contributed by atoms with E-state index >= 15 is 0 Å². The van der Waals surface area contributed by atoms with Gasteiger partial charge in [0.25, 0.3) is 0 Å². The van der Waals surface area contributed by atoms with Crippen LogP contribution in [-0.2, 0) is 12.1 Å². The van der Waals surface area contributed by atoms with Crippen LogP contribution in [0.1, 0.15) is 49.9 Å². The zero-order valence-electron chi connectivity index (χ0n) is 24.3. The molecule has 0 amide bonds. The van der Waals surface area contributed by atoms with E-state index in [2.05, 4.69) is 127 Å². The quantitative estimate of drug-likeness (QED) is 0.230. The van der Waals surface area contributed by atoms with Gasteiger partial charge in [-0.3, -0.25) is 0 Å². The molecule has 2 aliphatic rings. The first-order valence-electron chi connectivity index (χ1n) is 14.6. The molecule has 0 unspecified atom stereocenters. The maximum absolute atomic E-state index is 6.86. The largest absolute Gasteiger partial charge is 0.497 e. The van der Waals surface area contributed by atoms with Crippen LogP contribution in [0.15, 0.2) is 84.9 Å². The maximum Gasteiger partial charge on any atom is 0.135 e. The fourth-order valence-electron chi connectivity index (χ4n) is 6.70. The second kappa shape index (κ2) is 10.5. The van der Waals surface area contributed by atoms with E-state index in [0.717, 1.165) is 55.7 Å². The zero-order chi connectivity index (χ0) is 27.9. The van der Waals surface area contributed by atoms with Crippen LogP contribution in [0.25, 0.3) is 0 Å². The molecule has 40 heavy (non-hydrogen) atoms. The standard InChI is InChI=1S/C35H39N3O2/c1-6-36(7-2)27-16-20-31-33(22-27)40-34-23-28(37(8-3)9-4)17-21-32(34)35(31)30-13-11-10-12-25(30)24-38(35)26-14-18-29(39-5)19-15-26/h10-23H,6-9,24H2,1-5H3. The minimum Gasteiger partial charge on any atom is -0.497 e. The Bertz CT molecular complexity index is 1440. The predicted octanol–water partition coefficient (Wildman–Crippen LogP) is 7.81. The molecule has 0 atom stereocenters. The summed E-state index contributed by atoms with van der Waals surface area (Å²) in [5.41, 5.74) is 7.98. The Morgan fingerprint density at radius 1 is 0.700 bits per heavy atom. The summed E-state index contributed by atoms with van der Waals surface area (Å²) in [6.45, 7) is 13.4. The van der Waals surface area contributed by atoms with E-state index in [0.29, 0.717) is 0 Å². The number of nitrogens with zero attached hydrogens (tertiary/aromatic N) is 3. The van der Waals surface area contributed by atoms with E-state index in [1.54, 1.807) is 7.11 Å². The van der Waals surface area contributed by atoms with Gasteiger partial charge in [0, 0.05) is 73.0 Å². The summed E-state index contributed by atoms with van der Waals surface area (Å²) in [4.78, 5) is 7.30. The van der Waals surface area contributed by atoms with Crippen molar-refractivity contribution >= 4 is 17.1 Å². The summed E-state index contributed by atoms with van der Waals surface area (Å²) in [5, 5.41) is 0. The van der Waals surface area contributed by atoms with Crippen molar-refractivity contribution in [2.45, 2.75) is 39.8 Å². The molecule has 5 heteroatoms. The normalized spacial score (nSPS) is 14.3. The molecular formula is C35H39N3O2. The van der Waals surface area contributed by atoms with Gasteiger partial charge in [0.1, 0.15) is 22.8 Å². The number of rotatable bonds is 8. The highest BCUT2D eigenvalue weighted by molar-refractivity contribution is 5.76. The SMILES string of the molecule is CCN(CC)c1ccc2c(c1)Oc1cc(N(CC)CC)ccc1C21c2ccccc2CN1c1ccc(OC)cc1. The molecule has 0 aromatic heterocycles. The second-order valence-electron chi connectivity index (χ2n) is 10.5. The summed E-state index contributed by atoms with van der Waals surface area (Å²) in [5.74, 6) is 2.70. The van der Waals surface area contributed by atoms with Gasteiger partial charge in [0.2, 0.25) is 0 Å². The van der Waals surface area contributed by atoms with Gasteiger partial charge in [-0.25, -0.2) is 0 Å². The highest BCUT2D eigenvalue weighted by Gasteiger charge is 2.53.